The van der Waals surface area contributed by atoms with Gasteiger partial charge >= 0.3 is 5.91 Å². The lowest BCUT2D eigenvalue weighted by Gasteiger charge is -2.11. The number of hydrogen-bond acceptors (Lipinski definition) is 4. The molecule has 0 radical (unpaired) electrons. The van der Waals surface area contributed by atoms with E-state index in [9.17, 15) is 9.90 Å². The van der Waals surface area contributed by atoms with Crippen molar-refractivity contribution >= 4 is 21.8 Å². The average molecular weight is 401 g/mol. The first-order chi connectivity index (χ1) is 12.1. The van der Waals surface area contributed by atoms with E-state index in [4.69, 9.17) is 4.42 Å². The molecule has 5 nitrogen and oxygen atoms in total. The molecule has 0 atom stereocenters. The Bertz CT molecular complexity index is 863. The van der Waals surface area contributed by atoms with Crippen molar-refractivity contribution < 1.29 is 14.3 Å². The van der Waals surface area contributed by atoms with E-state index in [0.717, 1.165) is 28.4 Å². The number of phenols is 1. The van der Waals surface area contributed by atoms with Crippen LogP contribution in [0.1, 0.15) is 27.4 Å². The van der Waals surface area contributed by atoms with Crippen LogP contribution < -0.4 is 5.32 Å². The summed E-state index contributed by atoms with van der Waals surface area (Å²) in [6.45, 7) is 0.340. The molecule has 1 amide bonds. The largest absolute Gasteiger partial charge is 0.508 e. The highest BCUT2D eigenvalue weighted by molar-refractivity contribution is 9.10. The Morgan fingerprint density at radius 2 is 1.92 bits per heavy atom. The Morgan fingerprint density at radius 3 is 2.68 bits per heavy atom. The van der Waals surface area contributed by atoms with Gasteiger partial charge in [-0.05, 0) is 47.7 Å². The number of amides is 1. The Hall–Kier alpha value is -2.60. The summed E-state index contributed by atoms with van der Waals surface area (Å²) in [6.07, 6.45) is 4.37. The third kappa shape index (κ3) is 4.48. The van der Waals surface area contributed by atoms with Gasteiger partial charge < -0.3 is 14.8 Å². The number of aryl methyl sites for hydroxylation is 2. The van der Waals surface area contributed by atoms with Gasteiger partial charge in [-0.3, -0.25) is 4.79 Å². The molecular weight excluding hydrogens is 384 g/mol. The average Bonchev–Trinajstić information content (AvgIpc) is 3.15. The topological polar surface area (TPSA) is 75.4 Å². The second-order valence-corrected chi connectivity index (χ2v) is 6.42. The van der Waals surface area contributed by atoms with E-state index in [0.29, 0.717) is 6.54 Å². The van der Waals surface area contributed by atoms with E-state index in [-0.39, 0.29) is 17.5 Å². The van der Waals surface area contributed by atoms with Crippen LogP contribution in [-0.2, 0) is 19.4 Å². The second kappa shape index (κ2) is 7.98. The van der Waals surface area contributed by atoms with Crippen molar-refractivity contribution in [2.24, 2.45) is 0 Å². The standard InChI is InChI=1S/C19H17BrN2O3/c20-17-4-2-1-3-13(17)5-6-14-11-16(23)8-7-15(14)12-22-18(24)19-21-9-10-25-19/h1-4,7-11,23H,5-6,12H2,(H,22,24). The van der Waals surface area contributed by atoms with E-state index in [1.165, 1.54) is 18.0 Å². The monoisotopic (exact) mass is 400 g/mol. The molecule has 0 bridgehead atoms. The number of benzene rings is 2. The van der Waals surface area contributed by atoms with Crippen LogP contribution in [-0.4, -0.2) is 16.0 Å². The summed E-state index contributed by atoms with van der Waals surface area (Å²) in [4.78, 5) is 15.8. The summed E-state index contributed by atoms with van der Waals surface area (Å²) in [5.74, 6) is -0.117. The molecule has 0 spiro atoms. The maximum Gasteiger partial charge on any atom is 0.307 e. The fourth-order valence-corrected chi connectivity index (χ4v) is 3.06. The molecule has 1 aromatic heterocycles. The van der Waals surface area contributed by atoms with Gasteiger partial charge in [0.25, 0.3) is 5.89 Å². The van der Waals surface area contributed by atoms with Gasteiger partial charge in [-0.2, -0.15) is 0 Å². The minimum atomic E-state index is -0.366. The number of hydrogen-bond donors (Lipinski definition) is 2. The third-order valence-electron chi connectivity index (χ3n) is 3.88. The second-order valence-electron chi connectivity index (χ2n) is 5.56. The number of aromatic hydroxyl groups is 1. The fraction of sp³-hybridized carbons (Fsp3) is 0.158. The van der Waals surface area contributed by atoms with Gasteiger partial charge in [0.15, 0.2) is 0 Å². The van der Waals surface area contributed by atoms with Gasteiger partial charge in [-0.15, -0.1) is 0 Å². The van der Waals surface area contributed by atoms with E-state index in [1.54, 1.807) is 12.1 Å². The predicted octanol–water partition coefficient (Wildman–Crippen LogP) is 3.86. The number of carbonyl (C=O) groups excluding carboxylic acids is 1. The van der Waals surface area contributed by atoms with Gasteiger partial charge in [0, 0.05) is 11.0 Å². The highest BCUT2D eigenvalue weighted by atomic mass is 79.9. The smallest absolute Gasteiger partial charge is 0.307 e. The number of nitrogens with one attached hydrogen (secondary N) is 1. The zero-order chi connectivity index (χ0) is 17.6. The zero-order valence-corrected chi connectivity index (χ0v) is 15.0. The molecule has 3 rings (SSSR count). The van der Waals surface area contributed by atoms with Crippen LogP contribution in [0.5, 0.6) is 5.75 Å². The summed E-state index contributed by atoms with van der Waals surface area (Å²) >= 11 is 3.55. The lowest BCUT2D eigenvalue weighted by atomic mass is 9.99. The Balaban J connectivity index is 1.70. The molecule has 128 valence electrons. The molecule has 0 aliphatic heterocycles. The number of rotatable bonds is 6. The fourth-order valence-electron chi connectivity index (χ4n) is 2.57. The first-order valence-corrected chi connectivity index (χ1v) is 8.64. The van der Waals surface area contributed by atoms with E-state index in [2.05, 4.69) is 32.3 Å². The number of carbonyl (C=O) groups is 1. The minimum absolute atomic E-state index is 0.0357. The summed E-state index contributed by atoms with van der Waals surface area (Å²) in [7, 11) is 0. The lowest BCUT2D eigenvalue weighted by molar-refractivity contribution is 0.0916. The lowest BCUT2D eigenvalue weighted by Crippen LogP contribution is -2.23. The third-order valence-corrected chi connectivity index (χ3v) is 4.65. The highest BCUT2D eigenvalue weighted by Crippen LogP contribution is 2.22. The van der Waals surface area contributed by atoms with Gasteiger partial charge in [-0.25, -0.2) is 4.98 Å². The van der Waals surface area contributed by atoms with Crippen molar-refractivity contribution in [3.63, 3.8) is 0 Å². The summed E-state index contributed by atoms with van der Waals surface area (Å²) in [5.41, 5.74) is 3.13. The number of phenolic OH excluding ortho intramolecular Hbond substituents is 1. The molecular formula is C19H17BrN2O3. The summed E-state index contributed by atoms with van der Waals surface area (Å²) < 4.78 is 6.05. The van der Waals surface area contributed by atoms with Crippen LogP contribution in [0.3, 0.4) is 0 Å². The molecule has 0 saturated heterocycles. The number of oxazole rings is 1. The Kier molecular flexibility index (Phi) is 5.50. The normalized spacial score (nSPS) is 10.6. The molecule has 6 heteroatoms. The van der Waals surface area contributed by atoms with Gasteiger partial charge in [0.05, 0.1) is 6.20 Å². The summed E-state index contributed by atoms with van der Waals surface area (Å²) in [6, 6.07) is 13.2. The molecule has 2 aromatic carbocycles. The maximum absolute atomic E-state index is 12.0. The van der Waals surface area contributed by atoms with Crippen LogP contribution in [0.15, 0.2) is 63.8 Å². The molecule has 25 heavy (non-hydrogen) atoms. The predicted molar refractivity (Wildman–Crippen MR) is 97.3 cm³/mol. The van der Waals surface area contributed by atoms with Crippen molar-refractivity contribution in [3.05, 3.63) is 82.0 Å². The zero-order valence-electron chi connectivity index (χ0n) is 13.4. The molecule has 0 aliphatic rings. The highest BCUT2D eigenvalue weighted by Gasteiger charge is 2.12. The number of halogens is 1. The van der Waals surface area contributed by atoms with E-state index in [1.807, 2.05) is 24.3 Å². The molecule has 0 aliphatic carbocycles. The molecule has 3 aromatic rings. The first-order valence-electron chi connectivity index (χ1n) is 7.85. The van der Waals surface area contributed by atoms with Crippen molar-refractivity contribution in [2.75, 3.05) is 0 Å². The molecule has 0 fully saturated rings. The molecule has 0 unspecified atom stereocenters. The first kappa shape index (κ1) is 17.2. The van der Waals surface area contributed by atoms with Gasteiger partial charge in [0.1, 0.15) is 12.0 Å². The quantitative estimate of drug-likeness (QED) is 0.658. The van der Waals surface area contributed by atoms with Crippen molar-refractivity contribution in [1.29, 1.82) is 0 Å². The number of nitrogens with zero attached hydrogens (tertiary/aromatic N) is 1. The van der Waals surface area contributed by atoms with E-state index >= 15 is 0 Å². The van der Waals surface area contributed by atoms with Crippen LogP contribution >= 0.6 is 15.9 Å². The van der Waals surface area contributed by atoms with E-state index < -0.39 is 0 Å². The Morgan fingerprint density at radius 1 is 1.12 bits per heavy atom. The maximum atomic E-state index is 12.0. The molecule has 2 N–H and O–H groups in total. The van der Waals surface area contributed by atoms with Crippen LogP contribution in [0.25, 0.3) is 0 Å². The van der Waals surface area contributed by atoms with Crippen molar-refractivity contribution in [3.8, 4) is 5.75 Å². The SMILES string of the molecule is O=C(NCc1ccc(O)cc1CCc1ccccc1Br)c1ncco1. The van der Waals surface area contributed by atoms with Gasteiger partial charge in [-0.1, -0.05) is 40.2 Å². The van der Waals surface area contributed by atoms with Crippen LogP contribution in [0.4, 0.5) is 0 Å². The van der Waals surface area contributed by atoms with Crippen LogP contribution in [0.2, 0.25) is 0 Å². The summed E-state index contributed by atoms with van der Waals surface area (Å²) in [5, 5.41) is 12.6. The minimum Gasteiger partial charge on any atom is -0.508 e. The van der Waals surface area contributed by atoms with Gasteiger partial charge in [0.2, 0.25) is 0 Å². The molecule has 0 saturated carbocycles. The van der Waals surface area contributed by atoms with Crippen molar-refractivity contribution in [1.82, 2.24) is 10.3 Å². The van der Waals surface area contributed by atoms with Crippen molar-refractivity contribution in [2.45, 2.75) is 19.4 Å². The number of aromatic nitrogens is 1. The molecule has 1 heterocycles. The Labute approximate surface area is 153 Å². The van der Waals surface area contributed by atoms with Crippen LogP contribution in [0, 0.1) is 0 Å².